The zero-order valence-corrected chi connectivity index (χ0v) is 9.10. The molecule has 0 rings (SSSR count). The standard InChI is InChI=1S/C11H23F/c1-6-8(3)11(7-2)9(4)10(5)12/h8-11H,6-7H2,1-5H3. The molecule has 0 aromatic carbocycles. The molecule has 0 bridgehead atoms. The summed E-state index contributed by atoms with van der Waals surface area (Å²) in [6.07, 6.45) is 1.60. The number of hydrogen-bond acceptors (Lipinski definition) is 0. The lowest BCUT2D eigenvalue weighted by atomic mass is 9.78. The molecule has 4 unspecified atom stereocenters. The Morgan fingerprint density at radius 2 is 1.50 bits per heavy atom. The molecule has 0 radical (unpaired) electrons. The molecule has 0 aliphatic heterocycles. The smallest absolute Gasteiger partial charge is 0.100 e. The van der Waals surface area contributed by atoms with Gasteiger partial charge in [0, 0.05) is 0 Å². The Kier molecular flexibility index (Phi) is 5.52. The van der Waals surface area contributed by atoms with Crippen LogP contribution >= 0.6 is 0 Å². The second-order valence-electron chi connectivity index (χ2n) is 3.99. The van der Waals surface area contributed by atoms with E-state index in [1.165, 1.54) is 0 Å². The quantitative estimate of drug-likeness (QED) is 0.589. The molecule has 0 amide bonds. The maximum Gasteiger partial charge on any atom is 0.100 e. The van der Waals surface area contributed by atoms with Crippen LogP contribution in [0.5, 0.6) is 0 Å². The summed E-state index contributed by atoms with van der Waals surface area (Å²) >= 11 is 0. The number of halogens is 1. The van der Waals surface area contributed by atoms with E-state index in [1.807, 2.05) is 6.92 Å². The van der Waals surface area contributed by atoms with Crippen LogP contribution < -0.4 is 0 Å². The topological polar surface area (TPSA) is 0 Å². The van der Waals surface area contributed by atoms with Crippen LogP contribution in [0.3, 0.4) is 0 Å². The first-order valence-electron chi connectivity index (χ1n) is 5.18. The molecule has 0 saturated carbocycles. The second-order valence-corrected chi connectivity index (χ2v) is 3.99. The molecule has 12 heavy (non-hydrogen) atoms. The summed E-state index contributed by atoms with van der Waals surface area (Å²) < 4.78 is 13.0. The lowest BCUT2D eigenvalue weighted by molar-refractivity contribution is 0.146. The maximum absolute atomic E-state index is 13.0. The molecule has 0 fully saturated rings. The summed E-state index contributed by atoms with van der Waals surface area (Å²) in [7, 11) is 0. The monoisotopic (exact) mass is 174 g/mol. The van der Waals surface area contributed by atoms with Gasteiger partial charge in [-0.25, -0.2) is 4.39 Å². The van der Waals surface area contributed by atoms with E-state index in [4.69, 9.17) is 0 Å². The van der Waals surface area contributed by atoms with E-state index in [1.54, 1.807) is 6.92 Å². The van der Waals surface area contributed by atoms with Gasteiger partial charge in [0.1, 0.15) is 6.17 Å². The highest BCUT2D eigenvalue weighted by atomic mass is 19.1. The van der Waals surface area contributed by atoms with Crippen molar-refractivity contribution in [2.75, 3.05) is 0 Å². The van der Waals surface area contributed by atoms with E-state index in [0.717, 1.165) is 12.8 Å². The van der Waals surface area contributed by atoms with Gasteiger partial charge >= 0.3 is 0 Å². The summed E-state index contributed by atoms with van der Waals surface area (Å²) in [5.41, 5.74) is 0. The zero-order chi connectivity index (χ0) is 9.72. The highest BCUT2D eigenvalue weighted by Crippen LogP contribution is 2.29. The fourth-order valence-corrected chi connectivity index (χ4v) is 1.94. The molecule has 0 nitrogen and oxygen atoms in total. The van der Waals surface area contributed by atoms with Crippen molar-refractivity contribution in [3.8, 4) is 0 Å². The first-order valence-corrected chi connectivity index (χ1v) is 5.18. The molecule has 0 aliphatic carbocycles. The molecule has 0 saturated heterocycles. The van der Waals surface area contributed by atoms with Crippen molar-refractivity contribution in [3.05, 3.63) is 0 Å². The fraction of sp³-hybridized carbons (Fsp3) is 1.00. The van der Waals surface area contributed by atoms with Crippen LogP contribution in [0, 0.1) is 17.8 Å². The zero-order valence-electron chi connectivity index (χ0n) is 9.10. The van der Waals surface area contributed by atoms with Crippen molar-refractivity contribution < 1.29 is 4.39 Å². The molecular weight excluding hydrogens is 151 g/mol. The summed E-state index contributed by atoms with van der Waals surface area (Å²) in [6.45, 7) is 10.3. The van der Waals surface area contributed by atoms with E-state index in [2.05, 4.69) is 20.8 Å². The minimum atomic E-state index is -0.663. The first-order chi connectivity index (χ1) is 5.54. The van der Waals surface area contributed by atoms with E-state index in [9.17, 15) is 4.39 Å². The van der Waals surface area contributed by atoms with Gasteiger partial charge in [0.2, 0.25) is 0 Å². The Bertz CT molecular complexity index is 110. The second kappa shape index (κ2) is 5.55. The molecule has 0 spiro atoms. The number of alkyl halides is 1. The Morgan fingerprint density at radius 3 is 1.75 bits per heavy atom. The van der Waals surface area contributed by atoms with Crippen LogP contribution in [0.1, 0.15) is 47.5 Å². The Labute approximate surface area is 76.6 Å². The van der Waals surface area contributed by atoms with Crippen molar-refractivity contribution in [3.63, 3.8) is 0 Å². The van der Waals surface area contributed by atoms with Crippen LogP contribution in [0.4, 0.5) is 4.39 Å². The summed E-state index contributed by atoms with van der Waals surface area (Å²) in [4.78, 5) is 0. The van der Waals surface area contributed by atoms with E-state index < -0.39 is 6.17 Å². The van der Waals surface area contributed by atoms with Gasteiger partial charge in [-0.3, -0.25) is 0 Å². The maximum atomic E-state index is 13.0. The number of rotatable bonds is 5. The van der Waals surface area contributed by atoms with Crippen molar-refractivity contribution in [2.45, 2.75) is 53.6 Å². The summed E-state index contributed by atoms with van der Waals surface area (Å²) in [5.74, 6) is 1.42. The molecule has 0 aliphatic rings. The Morgan fingerprint density at radius 1 is 1.00 bits per heavy atom. The van der Waals surface area contributed by atoms with Gasteiger partial charge < -0.3 is 0 Å². The molecule has 1 heteroatoms. The van der Waals surface area contributed by atoms with Gasteiger partial charge in [-0.2, -0.15) is 0 Å². The van der Waals surface area contributed by atoms with Crippen molar-refractivity contribution in [1.82, 2.24) is 0 Å². The van der Waals surface area contributed by atoms with Crippen LogP contribution in [0.2, 0.25) is 0 Å². The highest BCUT2D eigenvalue weighted by Gasteiger charge is 2.24. The lowest BCUT2D eigenvalue weighted by Crippen LogP contribution is -2.24. The van der Waals surface area contributed by atoms with Gasteiger partial charge in [0.15, 0.2) is 0 Å². The van der Waals surface area contributed by atoms with Gasteiger partial charge in [0.05, 0.1) is 0 Å². The van der Waals surface area contributed by atoms with Gasteiger partial charge in [-0.1, -0.05) is 40.5 Å². The largest absolute Gasteiger partial charge is 0.247 e. The molecule has 4 atom stereocenters. The van der Waals surface area contributed by atoms with Crippen LogP contribution in [0.15, 0.2) is 0 Å². The van der Waals surface area contributed by atoms with Crippen LogP contribution in [-0.4, -0.2) is 6.17 Å². The van der Waals surface area contributed by atoms with E-state index in [0.29, 0.717) is 11.8 Å². The predicted molar refractivity (Wildman–Crippen MR) is 53.0 cm³/mol. The molecule has 0 aromatic heterocycles. The minimum absolute atomic E-state index is 0.213. The minimum Gasteiger partial charge on any atom is -0.247 e. The third kappa shape index (κ3) is 3.12. The van der Waals surface area contributed by atoms with Gasteiger partial charge in [-0.15, -0.1) is 0 Å². The van der Waals surface area contributed by atoms with E-state index >= 15 is 0 Å². The van der Waals surface area contributed by atoms with Gasteiger partial charge in [-0.05, 0) is 24.7 Å². The van der Waals surface area contributed by atoms with E-state index in [-0.39, 0.29) is 5.92 Å². The molecule has 0 N–H and O–H groups in total. The average Bonchev–Trinajstić information content (AvgIpc) is 2.05. The van der Waals surface area contributed by atoms with Crippen LogP contribution in [0.25, 0.3) is 0 Å². The number of hydrogen-bond donors (Lipinski definition) is 0. The normalized spacial score (nSPS) is 21.5. The SMILES string of the molecule is CCC(C)C(CC)C(C)C(C)F. The average molecular weight is 174 g/mol. The van der Waals surface area contributed by atoms with Crippen molar-refractivity contribution in [2.24, 2.45) is 17.8 Å². The molecule has 0 heterocycles. The molecular formula is C11H23F. The first kappa shape index (κ1) is 11.9. The molecule has 0 aromatic rings. The summed E-state index contributed by atoms with van der Waals surface area (Å²) in [5, 5.41) is 0. The Balaban J connectivity index is 4.13. The van der Waals surface area contributed by atoms with Crippen LogP contribution in [-0.2, 0) is 0 Å². The van der Waals surface area contributed by atoms with Crippen molar-refractivity contribution >= 4 is 0 Å². The highest BCUT2D eigenvalue weighted by molar-refractivity contribution is 4.73. The predicted octanol–water partition coefficient (Wildman–Crippen LogP) is 4.05. The van der Waals surface area contributed by atoms with Gasteiger partial charge in [0.25, 0.3) is 0 Å². The summed E-state index contributed by atoms with van der Waals surface area (Å²) in [6, 6.07) is 0. The van der Waals surface area contributed by atoms with Crippen molar-refractivity contribution in [1.29, 1.82) is 0 Å². The Hall–Kier alpha value is -0.0700. The fourth-order valence-electron chi connectivity index (χ4n) is 1.94. The third-order valence-corrected chi connectivity index (χ3v) is 3.25. The lowest BCUT2D eigenvalue weighted by Gasteiger charge is -2.28. The third-order valence-electron chi connectivity index (χ3n) is 3.25. The molecule has 74 valence electrons.